The van der Waals surface area contributed by atoms with Crippen molar-refractivity contribution in [2.75, 3.05) is 7.11 Å². The molecule has 0 fully saturated rings. The average molecular weight is 357 g/mol. The second-order valence-corrected chi connectivity index (χ2v) is 6.35. The first-order chi connectivity index (χ1) is 12.2. The number of benzene rings is 1. The highest BCUT2D eigenvalue weighted by Gasteiger charge is 2.12. The Hall–Kier alpha value is -2.67. The molecule has 0 radical (unpaired) electrons. The molecule has 0 saturated carbocycles. The highest BCUT2D eigenvalue weighted by atomic mass is 32.2. The fraction of sp³-hybridized carbons (Fsp3) is 0.222. The zero-order valence-electron chi connectivity index (χ0n) is 14.1. The number of imidazole rings is 1. The van der Waals surface area contributed by atoms with Crippen LogP contribution in [0.5, 0.6) is 5.75 Å². The Morgan fingerprint density at radius 2 is 2.08 bits per heavy atom. The normalized spacial score (nSPS) is 10.6. The van der Waals surface area contributed by atoms with Crippen LogP contribution in [0.1, 0.15) is 21.9 Å². The highest BCUT2D eigenvalue weighted by Crippen LogP contribution is 2.22. The Balaban J connectivity index is 1.52. The van der Waals surface area contributed by atoms with Gasteiger partial charge in [0.1, 0.15) is 11.5 Å². The molecule has 0 saturated heterocycles. The molecule has 130 valence electrons. The van der Waals surface area contributed by atoms with Crippen molar-refractivity contribution < 1.29 is 13.9 Å². The van der Waals surface area contributed by atoms with Crippen molar-refractivity contribution in [1.82, 2.24) is 14.9 Å². The van der Waals surface area contributed by atoms with Gasteiger partial charge in [-0.05, 0) is 29.8 Å². The van der Waals surface area contributed by atoms with E-state index in [0.717, 1.165) is 22.2 Å². The summed E-state index contributed by atoms with van der Waals surface area (Å²) in [6.45, 7) is 0.431. The van der Waals surface area contributed by atoms with E-state index >= 15 is 0 Å². The summed E-state index contributed by atoms with van der Waals surface area (Å²) in [6, 6.07) is 11.1. The first-order valence-electron chi connectivity index (χ1n) is 7.75. The summed E-state index contributed by atoms with van der Waals surface area (Å²) in [7, 11) is 3.56. The monoisotopic (exact) mass is 357 g/mol. The smallest absolute Gasteiger partial charge is 0.287 e. The van der Waals surface area contributed by atoms with Gasteiger partial charge in [-0.2, -0.15) is 0 Å². The van der Waals surface area contributed by atoms with E-state index in [-0.39, 0.29) is 5.91 Å². The summed E-state index contributed by atoms with van der Waals surface area (Å²) < 4.78 is 12.7. The molecule has 2 aromatic heterocycles. The summed E-state index contributed by atoms with van der Waals surface area (Å²) in [6.07, 6.45) is 3.64. The van der Waals surface area contributed by atoms with Crippen LogP contribution in [0.2, 0.25) is 0 Å². The first kappa shape index (κ1) is 17.2. The van der Waals surface area contributed by atoms with E-state index in [1.807, 2.05) is 48.1 Å². The summed E-state index contributed by atoms with van der Waals surface area (Å²) in [5.74, 6) is 2.22. The molecule has 3 rings (SSSR count). The summed E-state index contributed by atoms with van der Waals surface area (Å²) >= 11 is 1.56. The van der Waals surface area contributed by atoms with Crippen LogP contribution in [0.15, 0.2) is 58.4 Å². The van der Waals surface area contributed by atoms with Crippen molar-refractivity contribution >= 4 is 17.7 Å². The second kappa shape index (κ2) is 7.94. The third kappa shape index (κ3) is 4.45. The van der Waals surface area contributed by atoms with Gasteiger partial charge in [0.05, 0.1) is 12.9 Å². The van der Waals surface area contributed by atoms with Gasteiger partial charge in [-0.15, -0.1) is 0 Å². The van der Waals surface area contributed by atoms with Gasteiger partial charge in [0.2, 0.25) is 0 Å². The molecule has 25 heavy (non-hydrogen) atoms. The maximum Gasteiger partial charge on any atom is 0.287 e. The van der Waals surface area contributed by atoms with Crippen LogP contribution in [0.4, 0.5) is 0 Å². The molecule has 0 bridgehead atoms. The number of methoxy groups -OCH3 is 1. The number of thioether (sulfide) groups is 1. The third-order valence-corrected chi connectivity index (χ3v) is 4.70. The molecule has 0 aliphatic heterocycles. The van der Waals surface area contributed by atoms with E-state index in [2.05, 4.69) is 10.3 Å². The molecule has 1 aromatic carbocycles. The van der Waals surface area contributed by atoms with Crippen LogP contribution in [0.25, 0.3) is 0 Å². The molecule has 7 heteroatoms. The topological polar surface area (TPSA) is 69.3 Å². The van der Waals surface area contributed by atoms with E-state index in [4.69, 9.17) is 9.15 Å². The molecule has 6 nitrogen and oxygen atoms in total. The molecule has 0 atom stereocenters. The zero-order chi connectivity index (χ0) is 17.6. The SMILES string of the molecule is COc1ccc(CNC(=O)c2ccc(CSc3nccn3C)o2)cc1. The van der Waals surface area contributed by atoms with E-state index in [9.17, 15) is 4.79 Å². The van der Waals surface area contributed by atoms with Crippen LogP contribution in [-0.2, 0) is 19.3 Å². The Morgan fingerprint density at radius 1 is 1.28 bits per heavy atom. The van der Waals surface area contributed by atoms with E-state index in [1.54, 1.807) is 31.1 Å². The van der Waals surface area contributed by atoms with Crippen molar-refractivity contribution in [2.24, 2.45) is 7.05 Å². The molecule has 0 spiro atoms. The minimum absolute atomic E-state index is 0.232. The molecule has 1 N–H and O–H groups in total. The molecule has 3 aromatic rings. The number of hydrogen-bond donors (Lipinski definition) is 1. The molecule has 2 heterocycles. The number of nitrogens with one attached hydrogen (secondary N) is 1. The maximum atomic E-state index is 12.2. The molecule has 0 aliphatic rings. The Morgan fingerprint density at radius 3 is 2.76 bits per heavy atom. The summed E-state index contributed by atoms with van der Waals surface area (Å²) in [5.41, 5.74) is 0.992. The van der Waals surface area contributed by atoms with Gasteiger partial charge >= 0.3 is 0 Å². The number of furan rings is 1. The van der Waals surface area contributed by atoms with Crippen LogP contribution in [0.3, 0.4) is 0 Å². The van der Waals surface area contributed by atoms with Crippen LogP contribution in [0, 0.1) is 0 Å². The number of nitrogens with zero attached hydrogens (tertiary/aromatic N) is 2. The second-order valence-electron chi connectivity index (χ2n) is 5.41. The van der Waals surface area contributed by atoms with Gasteiger partial charge in [-0.25, -0.2) is 4.98 Å². The van der Waals surface area contributed by atoms with Crippen molar-refractivity contribution in [3.63, 3.8) is 0 Å². The first-order valence-corrected chi connectivity index (χ1v) is 8.74. The van der Waals surface area contributed by atoms with Crippen LogP contribution < -0.4 is 10.1 Å². The molecular formula is C18H19N3O3S. The number of ether oxygens (including phenoxy) is 1. The summed E-state index contributed by atoms with van der Waals surface area (Å²) in [5, 5.41) is 3.75. The van der Waals surface area contributed by atoms with E-state index < -0.39 is 0 Å². The van der Waals surface area contributed by atoms with Gasteiger partial charge < -0.3 is 19.0 Å². The lowest BCUT2D eigenvalue weighted by Gasteiger charge is -2.05. The van der Waals surface area contributed by atoms with Crippen molar-refractivity contribution in [1.29, 1.82) is 0 Å². The van der Waals surface area contributed by atoms with E-state index in [0.29, 0.717) is 18.1 Å². The minimum Gasteiger partial charge on any atom is -0.497 e. The Labute approximate surface area is 150 Å². The van der Waals surface area contributed by atoms with Crippen LogP contribution >= 0.6 is 11.8 Å². The predicted molar refractivity (Wildman–Crippen MR) is 95.6 cm³/mol. The lowest BCUT2D eigenvalue weighted by Crippen LogP contribution is -2.22. The number of rotatable bonds is 7. The minimum atomic E-state index is -0.232. The predicted octanol–water partition coefficient (Wildman–Crippen LogP) is 3.24. The number of carbonyl (C=O) groups excluding carboxylic acids is 1. The number of amides is 1. The fourth-order valence-corrected chi connectivity index (χ4v) is 3.04. The number of aromatic nitrogens is 2. The van der Waals surface area contributed by atoms with Crippen molar-refractivity contribution in [3.05, 3.63) is 65.9 Å². The van der Waals surface area contributed by atoms with Gasteiger partial charge in [0.15, 0.2) is 10.9 Å². The average Bonchev–Trinajstić information content (AvgIpc) is 3.27. The van der Waals surface area contributed by atoms with Crippen molar-refractivity contribution in [3.8, 4) is 5.75 Å². The molecular weight excluding hydrogens is 338 g/mol. The maximum absolute atomic E-state index is 12.2. The van der Waals surface area contributed by atoms with Crippen molar-refractivity contribution in [2.45, 2.75) is 17.5 Å². The zero-order valence-corrected chi connectivity index (χ0v) is 14.9. The number of carbonyl (C=O) groups is 1. The Bertz CT molecular complexity index is 839. The standard InChI is InChI=1S/C18H19N3O3S/c1-21-10-9-19-18(21)25-12-15-7-8-16(24-15)17(22)20-11-13-3-5-14(23-2)6-4-13/h3-10H,11-12H2,1-2H3,(H,20,22). The Kier molecular flexibility index (Phi) is 5.45. The third-order valence-electron chi connectivity index (χ3n) is 3.62. The number of aryl methyl sites for hydroxylation is 1. The lowest BCUT2D eigenvalue weighted by molar-refractivity contribution is 0.0922. The van der Waals surface area contributed by atoms with Crippen LogP contribution in [-0.4, -0.2) is 22.6 Å². The number of hydrogen-bond acceptors (Lipinski definition) is 5. The largest absolute Gasteiger partial charge is 0.497 e. The van der Waals surface area contributed by atoms with Gasteiger partial charge in [0, 0.05) is 26.0 Å². The fourth-order valence-electron chi connectivity index (χ4n) is 2.22. The molecule has 0 aliphatic carbocycles. The van der Waals surface area contributed by atoms with Gasteiger partial charge in [-0.1, -0.05) is 23.9 Å². The molecule has 0 unspecified atom stereocenters. The summed E-state index contributed by atoms with van der Waals surface area (Å²) in [4.78, 5) is 16.4. The highest BCUT2D eigenvalue weighted by molar-refractivity contribution is 7.98. The lowest BCUT2D eigenvalue weighted by atomic mass is 10.2. The molecule has 1 amide bonds. The van der Waals surface area contributed by atoms with Gasteiger partial charge in [0.25, 0.3) is 5.91 Å². The van der Waals surface area contributed by atoms with E-state index in [1.165, 1.54) is 0 Å². The quantitative estimate of drug-likeness (QED) is 0.658. The van der Waals surface area contributed by atoms with Gasteiger partial charge in [-0.3, -0.25) is 4.79 Å².